The molecule has 0 atom stereocenters. The number of ether oxygens (including phenoxy) is 1. The summed E-state index contributed by atoms with van der Waals surface area (Å²) >= 11 is 12.5. The summed E-state index contributed by atoms with van der Waals surface area (Å²) in [5.74, 6) is 0. The molecule has 1 fully saturated rings. The molecule has 0 aliphatic carbocycles. The quantitative estimate of drug-likeness (QED) is 0.780. The van der Waals surface area contributed by atoms with Gasteiger partial charge >= 0.3 is 0 Å². The van der Waals surface area contributed by atoms with E-state index in [9.17, 15) is 0 Å². The molecule has 0 unspecified atom stereocenters. The average molecular weight is 352 g/mol. The first kappa shape index (κ1) is 16.4. The third-order valence-electron chi connectivity index (χ3n) is 3.99. The summed E-state index contributed by atoms with van der Waals surface area (Å²) in [5.41, 5.74) is 4.14. The second-order valence-electron chi connectivity index (χ2n) is 5.55. The van der Waals surface area contributed by atoms with Gasteiger partial charge in [-0.1, -0.05) is 29.3 Å². The van der Waals surface area contributed by atoms with E-state index < -0.39 is 0 Å². The van der Waals surface area contributed by atoms with Crippen LogP contribution in [0.3, 0.4) is 0 Å². The van der Waals surface area contributed by atoms with Gasteiger partial charge in [-0.05, 0) is 32.0 Å². The smallest absolute Gasteiger partial charge is 0.0832 e. The van der Waals surface area contributed by atoms with Gasteiger partial charge in [-0.15, -0.1) is 0 Å². The molecule has 1 aromatic carbocycles. The van der Waals surface area contributed by atoms with Gasteiger partial charge in [-0.3, -0.25) is 5.01 Å². The molecule has 0 radical (unpaired) electrons. The molecule has 1 aliphatic heterocycles. The summed E-state index contributed by atoms with van der Waals surface area (Å²) in [6, 6.07) is 7.78. The zero-order chi connectivity index (χ0) is 16.4. The van der Waals surface area contributed by atoms with Crippen LogP contribution < -0.4 is 0 Å². The van der Waals surface area contributed by atoms with Crippen molar-refractivity contribution in [3.63, 3.8) is 0 Å². The SMILES string of the molecule is Cc1cc(C=NN2CCOCC2)c(C)n1-c1cccc(Cl)c1Cl. The molecule has 0 N–H and O–H groups in total. The monoisotopic (exact) mass is 351 g/mol. The lowest BCUT2D eigenvalue weighted by Crippen LogP contribution is -2.32. The Balaban J connectivity index is 1.93. The maximum absolute atomic E-state index is 6.37. The lowest BCUT2D eigenvalue weighted by Gasteiger charge is -2.23. The third-order valence-corrected chi connectivity index (χ3v) is 4.80. The minimum Gasteiger partial charge on any atom is -0.378 e. The summed E-state index contributed by atoms with van der Waals surface area (Å²) in [7, 11) is 0. The minimum absolute atomic E-state index is 0.556. The Morgan fingerprint density at radius 1 is 1.17 bits per heavy atom. The Hall–Kier alpha value is -1.49. The number of hydrogen-bond acceptors (Lipinski definition) is 3. The summed E-state index contributed by atoms with van der Waals surface area (Å²) in [6.45, 7) is 7.23. The molecule has 2 aromatic rings. The van der Waals surface area contributed by atoms with E-state index in [2.05, 4.69) is 29.6 Å². The van der Waals surface area contributed by atoms with Crippen molar-refractivity contribution in [2.24, 2.45) is 5.10 Å². The van der Waals surface area contributed by atoms with Gasteiger partial charge in [0.05, 0.1) is 48.3 Å². The van der Waals surface area contributed by atoms with Gasteiger partial charge in [0.2, 0.25) is 0 Å². The molecule has 3 rings (SSSR count). The van der Waals surface area contributed by atoms with Gasteiger partial charge in [0.25, 0.3) is 0 Å². The molecule has 0 amide bonds. The number of rotatable bonds is 3. The van der Waals surface area contributed by atoms with Gasteiger partial charge in [-0.25, -0.2) is 0 Å². The highest BCUT2D eigenvalue weighted by Crippen LogP contribution is 2.31. The van der Waals surface area contributed by atoms with Crippen LogP contribution in [0, 0.1) is 13.8 Å². The van der Waals surface area contributed by atoms with Crippen LogP contribution in [0.15, 0.2) is 29.4 Å². The first-order valence-corrected chi connectivity index (χ1v) is 8.33. The second kappa shape index (κ2) is 6.95. The van der Waals surface area contributed by atoms with E-state index in [0.717, 1.165) is 48.9 Å². The van der Waals surface area contributed by atoms with E-state index in [4.69, 9.17) is 27.9 Å². The van der Waals surface area contributed by atoms with E-state index >= 15 is 0 Å². The topological polar surface area (TPSA) is 29.8 Å². The molecule has 2 heterocycles. The summed E-state index contributed by atoms with van der Waals surface area (Å²) in [4.78, 5) is 0. The first-order valence-electron chi connectivity index (χ1n) is 7.58. The second-order valence-corrected chi connectivity index (χ2v) is 6.33. The van der Waals surface area contributed by atoms with Crippen molar-refractivity contribution >= 4 is 29.4 Å². The summed E-state index contributed by atoms with van der Waals surface area (Å²) in [5, 5.41) is 7.71. The van der Waals surface area contributed by atoms with Crippen LogP contribution in [-0.4, -0.2) is 42.1 Å². The molecule has 122 valence electrons. The highest BCUT2D eigenvalue weighted by atomic mass is 35.5. The summed E-state index contributed by atoms with van der Waals surface area (Å²) in [6.07, 6.45) is 1.91. The number of hydrogen-bond donors (Lipinski definition) is 0. The van der Waals surface area contributed by atoms with Crippen molar-refractivity contribution in [3.05, 3.63) is 51.3 Å². The molecule has 6 heteroatoms. The molecule has 0 bridgehead atoms. The molecule has 0 saturated carbocycles. The molecule has 0 spiro atoms. The number of halogens is 2. The van der Waals surface area contributed by atoms with Crippen molar-refractivity contribution in [2.75, 3.05) is 26.3 Å². The predicted molar refractivity (Wildman–Crippen MR) is 95.2 cm³/mol. The van der Waals surface area contributed by atoms with E-state index in [1.165, 1.54) is 0 Å². The van der Waals surface area contributed by atoms with Crippen molar-refractivity contribution in [2.45, 2.75) is 13.8 Å². The number of benzene rings is 1. The molecule has 4 nitrogen and oxygen atoms in total. The lowest BCUT2D eigenvalue weighted by molar-refractivity contribution is 0.0397. The summed E-state index contributed by atoms with van der Waals surface area (Å²) < 4.78 is 7.44. The highest BCUT2D eigenvalue weighted by Gasteiger charge is 2.14. The van der Waals surface area contributed by atoms with Gasteiger partial charge in [-0.2, -0.15) is 5.10 Å². The largest absolute Gasteiger partial charge is 0.378 e. The van der Waals surface area contributed by atoms with Crippen LogP contribution in [-0.2, 0) is 4.74 Å². The molecule has 1 saturated heterocycles. The Morgan fingerprint density at radius 3 is 2.65 bits per heavy atom. The number of morpholine rings is 1. The fraction of sp³-hybridized carbons (Fsp3) is 0.353. The Labute approximate surface area is 146 Å². The van der Waals surface area contributed by atoms with Crippen molar-refractivity contribution < 1.29 is 4.74 Å². The third kappa shape index (κ3) is 3.39. The molecule has 23 heavy (non-hydrogen) atoms. The molecule has 1 aliphatic rings. The molecular formula is C17H19Cl2N3O. The fourth-order valence-electron chi connectivity index (χ4n) is 2.77. The Bertz CT molecular complexity index is 734. The minimum atomic E-state index is 0.556. The maximum Gasteiger partial charge on any atom is 0.0832 e. The number of aromatic nitrogens is 1. The zero-order valence-electron chi connectivity index (χ0n) is 13.2. The van der Waals surface area contributed by atoms with Crippen LogP contribution >= 0.6 is 23.2 Å². The highest BCUT2D eigenvalue weighted by molar-refractivity contribution is 6.43. The maximum atomic E-state index is 6.37. The Kier molecular flexibility index (Phi) is 4.95. The van der Waals surface area contributed by atoms with E-state index in [0.29, 0.717) is 10.0 Å². The Morgan fingerprint density at radius 2 is 1.91 bits per heavy atom. The van der Waals surface area contributed by atoms with Gasteiger partial charge in [0.15, 0.2) is 0 Å². The average Bonchev–Trinajstić information content (AvgIpc) is 2.83. The zero-order valence-corrected chi connectivity index (χ0v) is 14.7. The predicted octanol–water partition coefficient (Wildman–Crippen LogP) is 4.07. The van der Waals surface area contributed by atoms with Crippen LogP contribution in [0.1, 0.15) is 17.0 Å². The number of hydrazone groups is 1. The fourth-order valence-corrected chi connectivity index (χ4v) is 3.15. The van der Waals surface area contributed by atoms with Gasteiger partial charge in [0.1, 0.15) is 0 Å². The lowest BCUT2D eigenvalue weighted by atomic mass is 10.2. The number of nitrogens with zero attached hydrogens (tertiary/aromatic N) is 3. The van der Waals surface area contributed by atoms with Crippen LogP contribution in [0.4, 0.5) is 0 Å². The van der Waals surface area contributed by atoms with E-state index in [1.54, 1.807) is 6.07 Å². The van der Waals surface area contributed by atoms with Crippen LogP contribution in [0.5, 0.6) is 0 Å². The van der Waals surface area contributed by atoms with Crippen molar-refractivity contribution in [1.29, 1.82) is 0 Å². The molecular weight excluding hydrogens is 333 g/mol. The number of aryl methyl sites for hydroxylation is 1. The van der Waals surface area contributed by atoms with Crippen LogP contribution in [0.2, 0.25) is 10.0 Å². The van der Waals surface area contributed by atoms with Crippen molar-refractivity contribution in [3.8, 4) is 5.69 Å². The molecule has 1 aromatic heterocycles. The standard InChI is InChI=1S/C17H19Cl2N3O/c1-12-10-14(11-20-21-6-8-23-9-7-21)13(2)22(12)16-5-3-4-15(18)17(16)19/h3-5,10-11H,6-9H2,1-2H3. The first-order chi connectivity index (χ1) is 11.1. The van der Waals surface area contributed by atoms with Gasteiger partial charge in [0, 0.05) is 17.0 Å². The van der Waals surface area contributed by atoms with E-state index in [-0.39, 0.29) is 0 Å². The van der Waals surface area contributed by atoms with E-state index in [1.807, 2.05) is 23.4 Å². The van der Waals surface area contributed by atoms with Crippen LogP contribution in [0.25, 0.3) is 5.69 Å². The van der Waals surface area contributed by atoms with Gasteiger partial charge < -0.3 is 9.30 Å². The van der Waals surface area contributed by atoms with Crippen molar-refractivity contribution in [1.82, 2.24) is 9.58 Å². The normalized spacial score (nSPS) is 15.6.